The van der Waals surface area contributed by atoms with Gasteiger partial charge < -0.3 is 9.84 Å². The van der Waals surface area contributed by atoms with Crippen LogP contribution in [0, 0.1) is 0 Å². The van der Waals surface area contributed by atoms with Crippen molar-refractivity contribution in [1.82, 2.24) is 4.90 Å². The maximum Gasteiger partial charge on any atom is 0.229 e. The van der Waals surface area contributed by atoms with E-state index in [2.05, 4.69) is 16.5 Å². The second-order valence-electron chi connectivity index (χ2n) is 7.55. The van der Waals surface area contributed by atoms with Crippen LogP contribution in [0.4, 0.5) is 5.69 Å². The fourth-order valence-corrected chi connectivity index (χ4v) is 3.84. The molecule has 0 saturated carbocycles. The summed E-state index contributed by atoms with van der Waals surface area (Å²) >= 11 is 12.0. The number of nitrogens with zero attached hydrogens (tertiary/aromatic N) is 1. The molecule has 0 bridgehead atoms. The lowest BCUT2D eigenvalue weighted by Gasteiger charge is -2.24. The van der Waals surface area contributed by atoms with Crippen molar-refractivity contribution in [1.29, 1.82) is 0 Å². The summed E-state index contributed by atoms with van der Waals surface area (Å²) in [5.41, 5.74) is 1.42. The van der Waals surface area contributed by atoms with Crippen LogP contribution < -0.4 is 9.46 Å². The molecule has 2 aromatic carbocycles. The molecule has 9 heteroatoms. The van der Waals surface area contributed by atoms with E-state index >= 15 is 0 Å². The lowest BCUT2D eigenvalue weighted by Crippen LogP contribution is -2.36. The number of benzene rings is 2. The fraction of sp³-hybridized carbons (Fsp3) is 0.391. The standard InChI is InChI=1S/C23H30Cl2N2O4S/c1-3-4-13-27(14-5-6-18-7-12-22(24)23(25)15-18)16-20(28)17-31-21-10-8-19(9-11-21)26-32(2,29)30/h5-12,15,20,26,28H,3-4,13-14,16-17H2,1-2H3/t20-/m0/s1. The first-order chi connectivity index (χ1) is 15.2. The monoisotopic (exact) mass is 500 g/mol. The van der Waals surface area contributed by atoms with Crippen LogP contribution in [-0.4, -0.2) is 57.0 Å². The largest absolute Gasteiger partial charge is 0.491 e. The van der Waals surface area contributed by atoms with Crippen LogP contribution >= 0.6 is 23.2 Å². The summed E-state index contributed by atoms with van der Waals surface area (Å²) in [5.74, 6) is 0.558. The molecule has 0 aromatic heterocycles. The Bertz CT molecular complexity index is 982. The maximum atomic E-state index is 11.3. The van der Waals surface area contributed by atoms with Gasteiger partial charge >= 0.3 is 0 Å². The number of hydrogen-bond acceptors (Lipinski definition) is 5. The predicted molar refractivity (Wildman–Crippen MR) is 133 cm³/mol. The molecule has 0 heterocycles. The van der Waals surface area contributed by atoms with E-state index in [1.165, 1.54) is 0 Å². The van der Waals surface area contributed by atoms with Gasteiger partial charge in [-0.3, -0.25) is 9.62 Å². The van der Waals surface area contributed by atoms with Crippen molar-refractivity contribution in [2.75, 3.05) is 37.2 Å². The van der Waals surface area contributed by atoms with E-state index < -0.39 is 16.1 Å². The van der Waals surface area contributed by atoms with E-state index in [9.17, 15) is 13.5 Å². The molecule has 2 rings (SSSR count). The minimum Gasteiger partial charge on any atom is -0.491 e. The Morgan fingerprint density at radius 2 is 1.88 bits per heavy atom. The highest BCUT2D eigenvalue weighted by atomic mass is 35.5. The van der Waals surface area contributed by atoms with Gasteiger partial charge in [0, 0.05) is 18.8 Å². The van der Waals surface area contributed by atoms with Crippen molar-refractivity contribution in [3.8, 4) is 5.75 Å². The van der Waals surface area contributed by atoms with E-state index in [0.717, 1.165) is 31.2 Å². The van der Waals surface area contributed by atoms with Gasteiger partial charge in [-0.25, -0.2) is 8.42 Å². The summed E-state index contributed by atoms with van der Waals surface area (Å²) in [6.07, 6.45) is 6.54. The summed E-state index contributed by atoms with van der Waals surface area (Å²) in [4.78, 5) is 2.17. The lowest BCUT2D eigenvalue weighted by atomic mass is 10.2. The van der Waals surface area contributed by atoms with Gasteiger partial charge in [-0.2, -0.15) is 0 Å². The highest BCUT2D eigenvalue weighted by Gasteiger charge is 2.12. The van der Waals surface area contributed by atoms with Gasteiger partial charge in [-0.05, 0) is 54.9 Å². The number of rotatable bonds is 13. The highest BCUT2D eigenvalue weighted by molar-refractivity contribution is 7.92. The first-order valence-electron chi connectivity index (χ1n) is 10.4. The number of ether oxygens (including phenoxy) is 1. The minimum atomic E-state index is -3.32. The van der Waals surface area contributed by atoms with Crippen LogP contribution in [0.25, 0.3) is 6.08 Å². The van der Waals surface area contributed by atoms with Gasteiger partial charge in [-0.1, -0.05) is 54.8 Å². The molecule has 176 valence electrons. The van der Waals surface area contributed by atoms with E-state index in [4.69, 9.17) is 27.9 Å². The predicted octanol–water partition coefficient (Wildman–Crippen LogP) is 4.92. The zero-order valence-electron chi connectivity index (χ0n) is 18.3. The molecule has 0 spiro atoms. The zero-order valence-corrected chi connectivity index (χ0v) is 20.6. The molecule has 0 saturated heterocycles. The zero-order chi connectivity index (χ0) is 23.6. The number of hydrogen-bond donors (Lipinski definition) is 2. The van der Waals surface area contributed by atoms with Gasteiger partial charge in [0.15, 0.2) is 0 Å². The van der Waals surface area contributed by atoms with E-state index in [0.29, 0.717) is 34.6 Å². The first-order valence-corrected chi connectivity index (χ1v) is 13.0. The molecular weight excluding hydrogens is 471 g/mol. The summed E-state index contributed by atoms with van der Waals surface area (Å²) in [7, 11) is -3.32. The normalized spacial score (nSPS) is 12.9. The summed E-state index contributed by atoms with van der Waals surface area (Å²) in [6.45, 7) is 4.29. The van der Waals surface area contributed by atoms with E-state index in [1.54, 1.807) is 30.3 Å². The quantitative estimate of drug-likeness (QED) is 0.408. The molecule has 0 unspecified atom stereocenters. The van der Waals surface area contributed by atoms with Crippen LogP contribution in [0.2, 0.25) is 10.0 Å². The Morgan fingerprint density at radius 1 is 1.16 bits per heavy atom. The smallest absolute Gasteiger partial charge is 0.229 e. The van der Waals surface area contributed by atoms with Crippen molar-refractivity contribution in [3.63, 3.8) is 0 Å². The molecule has 0 aliphatic heterocycles. The molecule has 6 nitrogen and oxygen atoms in total. The van der Waals surface area contributed by atoms with Crippen LogP contribution in [0.15, 0.2) is 48.5 Å². The topological polar surface area (TPSA) is 78.9 Å². The number of aliphatic hydroxyl groups is 1. The SMILES string of the molecule is CCCCN(CC=Cc1ccc(Cl)c(Cl)c1)C[C@H](O)COc1ccc(NS(C)(=O)=O)cc1. The summed E-state index contributed by atoms with van der Waals surface area (Å²) in [5, 5.41) is 11.5. The van der Waals surface area contributed by atoms with Crippen LogP contribution in [0.1, 0.15) is 25.3 Å². The summed E-state index contributed by atoms with van der Waals surface area (Å²) in [6, 6.07) is 12.0. The highest BCUT2D eigenvalue weighted by Crippen LogP contribution is 2.23. The first kappa shape index (κ1) is 26.5. The number of anilines is 1. The number of halogens is 2. The van der Waals surface area contributed by atoms with Crippen molar-refractivity contribution in [3.05, 3.63) is 64.1 Å². The maximum absolute atomic E-state index is 11.3. The van der Waals surface area contributed by atoms with E-state index in [-0.39, 0.29) is 6.61 Å². The second-order valence-corrected chi connectivity index (χ2v) is 10.1. The third-order valence-corrected chi connectivity index (χ3v) is 5.86. The molecule has 1 atom stereocenters. The molecule has 32 heavy (non-hydrogen) atoms. The second kappa shape index (κ2) is 13.1. The van der Waals surface area contributed by atoms with Crippen LogP contribution in [0.5, 0.6) is 5.75 Å². The molecule has 0 radical (unpaired) electrons. The van der Waals surface area contributed by atoms with Crippen molar-refractivity contribution in [2.45, 2.75) is 25.9 Å². The average Bonchev–Trinajstić information content (AvgIpc) is 2.73. The number of sulfonamides is 1. The number of nitrogens with one attached hydrogen (secondary N) is 1. The fourth-order valence-electron chi connectivity index (χ4n) is 2.97. The molecule has 0 fully saturated rings. The van der Waals surface area contributed by atoms with Gasteiger partial charge in [0.2, 0.25) is 10.0 Å². The molecular formula is C23H30Cl2N2O4S. The number of aliphatic hydroxyl groups excluding tert-OH is 1. The molecule has 0 aliphatic carbocycles. The third-order valence-electron chi connectivity index (χ3n) is 4.51. The minimum absolute atomic E-state index is 0.137. The Hall–Kier alpha value is -1.77. The van der Waals surface area contributed by atoms with Crippen molar-refractivity contribution >= 4 is 45.0 Å². The third kappa shape index (κ3) is 10.2. The molecule has 2 aromatic rings. The molecule has 2 N–H and O–H groups in total. The Morgan fingerprint density at radius 3 is 2.50 bits per heavy atom. The van der Waals surface area contributed by atoms with Crippen molar-refractivity contribution < 1.29 is 18.3 Å². The van der Waals surface area contributed by atoms with Gasteiger partial charge in [-0.15, -0.1) is 0 Å². The van der Waals surface area contributed by atoms with E-state index in [1.807, 2.05) is 24.3 Å². The van der Waals surface area contributed by atoms with Gasteiger partial charge in [0.25, 0.3) is 0 Å². The number of unbranched alkanes of at least 4 members (excludes halogenated alkanes) is 1. The van der Waals surface area contributed by atoms with Crippen LogP contribution in [-0.2, 0) is 10.0 Å². The van der Waals surface area contributed by atoms with Gasteiger partial charge in [0.05, 0.1) is 16.3 Å². The Balaban J connectivity index is 1.86. The van der Waals surface area contributed by atoms with Gasteiger partial charge in [0.1, 0.15) is 18.5 Å². The van der Waals surface area contributed by atoms with Crippen molar-refractivity contribution in [2.24, 2.45) is 0 Å². The Kier molecular flexibility index (Phi) is 10.8. The van der Waals surface area contributed by atoms with Crippen LogP contribution in [0.3, 0.4) is 0 Å². The average molecular weight is 501 g/mol. The summed E-state index contributed by atoms with van der Waals surface area (Å²) < 4.78 is 30.6. The molecule has 0 amide bonds. The lowest BCUT2D eigenvalue weighted by molar-refractivity contribution is 0.0715. The Labute approximate surface area is 200 Å². The molecule has 0 aliphatic rings.